The molecule has 2 amide bonds. The molecule has 1 aromatic carbocycles. The van der Waals surface area contributed by atoms with Gasteiger partial charge in [-0.1, -0.05) is 49.4 Å². The van der Waals surface area contributed by atoms with Crippen LogP contribution < -0.4 is 11.1 Å². The summed E-state index contributed by atoms with van der Waals surface area (Å²) in [5.41, 5.74) is 6.98. The number of H-pyrrole nitrogens is 1. The molecule has 15 heteroatoms. The number of carboxylic acid groups (broad SMARTS) is 2. The number of benzene rings is 1. The number of aromatic nitrogens is 4. The second-order valence-corrected chi connectivity index (χ2v) is 10.8. The number of nitrogens with one attached hydrogen (secondary N) is 2. The zero-order valence-corrected chi connectivity index (χ0v) is 21.3. The molecule has 0 aliphatic carbocycles. The van der Waals surface area contributed by atoms with E-state index in [1.165, 1.54) is 11.8 Å². The lowest BCUT2D eigenvalue weighted by molar-refractivity contribution is -0.151. The van der Waals surface area contributed by atoms with E-state index in [1.54, 1.807) is 19.1 Å². The number of nitrogens with two attached hydrogens (primary N) is 1. The highest BCUT2D eigenvalue weighted by Gasteiger charge is 2.58. The van der Waals surface area contributed by atoms with Crippen LogP contribution in [-0.2, 0) is 32.1 Å². The van der Waals surface area contributed by atoms with Crippen molar-refractivity contribution in [1.82, 2.24) is 30.8 Å². The van der Waals surface area contributed by atoms with Gasteiger partial charge >= 0.3 is 11.9 Å². The van der Waals surface area contributed by atoms with E-state index >= 15 is 0 Å². The van der Waals surface area contributed by atoms with Crippen LogP contribution in [0.3, 0.4) is 0 Å². The molecule has 0 saturated carbocycles. The maximum absolute atomic E-state index is 13.1. The van der Waals surface area contributed by atoms with Gasteiger partial charge in [0.2, 0.25) is 11.1 Å². The number of nitrogens with zero attached hydrogens (tertiary/aromatic N) is 4. The Kier molecular flexibility index (Phi) is 7.85. The molecule has 4 rings (SSSR count). The summed E-state index contributed by atoms with van der Waals surface area (Å²) in [5, 5.41) is 35.7. The number of hydrogen-bond donors (Lipinski definition) is 5. The molecule has 2 aromatic rings. The molecule has 0 radical (unpaired) electrons. The first-order chi connectivity index (χ1) is 17.7. The predicted molar refractivity (Wildman–Crippen MR) is 133 cm³/mol. The Morgan fingerprint density at radius 1 is 1.30 bits per heavy atom. The first kappa shape index (κ1) is 26.6. The number of aliphatic carboxylic acids is 2. The SMILES string of the molecule is CCCC(Sc1nnn[nH]1)(C(=O)O)C1=C(C(=O)O)N2C(=O)C(NC(=O)Cc3ccccc3CN)[C@@H]2SC1. The van der Waals surface area contributed by atoms with E-state index in [9.17, 15) is 29.4 Å². The number of carbonyl (C=O) groups excluding carboxylic acids is 2. The molecular formula is C22H25N7O6S2. The fourth-order valence-electron chi connectivity index (χ4n) is 4.51. The molecule has 2 aliphatic heterocycles. The van der Waals surface area contributed by atoms with Gasteiger partial charge < -0.3 is 21.3 Å². The van der Waals surface area contributed by atoms with Crippen LogP contribution in [0.25, 0.3) is 0 Å². The number of carbonyl (C=O) groups is 4. The third-order valence-electron chi connectivity index (χ3n) is 6.21. The van der Waals surface area contributed by atoms with Crippen molar-refractivity contribution in [3.05, 3.63) is 46.7 Å². The molecule has 1 fully saturated rings. The minimum atomic E-state index is -1.72. The fraction of sp³-hybridized carbons (Fsp3) is 0.409. The second-order valence-electron chi connectivity index (χ2n) is 8.43. The number of fused-ring (bicyclic) bond motifs is 1. The van der Waals surface area contributed by atoms with Crippen molar-refractivity contribution in [3.8, 4) is 0 Å². The van der Waals surface area contributed by atoms with Crippen LogP contribution in [0.1, 0.15) is 30.9 Å². The molecule has 0 bridgehead atoms. The van der Waals surface area contributed by atoms with Crippen LogP contribution >= 0.6 is 23.5 Å². The van der Waals surface area contributed by atoms with Crippen LogP contribution in [-0.4, -0.2) is 81.4 Å². The van der Waals surface area contributed by atoms with E-state index in [2.05, 4.69) is 25.9 Å². The van der Waals surface area contributed by atoms with E-state index < -0.39 is 39.9 Å². The number of carboxylic acids is 2. The van der Waals surface area contributed by atoms with Crippen molar-refractivity contribution in [1.29, 1.82) is 0 Å². The van der Waals surface area contributed by atoms with Gasteiger partial charge in [0.25, 0.3) is 5.91 Å². The zero-order chi connectivity index (χ0) is 26.7. The van der Waals surface area contributed by atoms with Crippen molar-refractivity contribution in [2.24, 2.45) is 5.73 Å². The number of thioether (sulfide) groups is 2. The van der Waals surface area contributed by atoms with Gasteiger partial charge in [-0.2, -0.15) is 0 Å². The summed E-state index contributed by atoms with van der Waals surface area (Å²) in [4.78, 5) is 52.0. The van der Waals surface area contributed by atoms with E-state index in [4.69, 9.17) is 5.73 Å². The van der Waals surface area contributed by atoms with Crippen LogP contribution in [0.2, 0.25) is 0 Å². The molecule has 2 unspecified atom stereocenters. The van der Waals surface area contributed by atoms with Crippen molar-refractivity contribution in [3.63, 3.8) is 0 Å². The van der Waals surface area contributed by atoms with Crippen molar-refractivity contribution in [2.75, 3.05) is 5.75 Å². The van der Waals surface area contributed by atoms with Gasteiger partial charge in [-0.05, 0) is 33.5 Å². The van der Waals surface area contributed by atoms with Crippen LogP contribution in [0.15, 0.2) is 40.7 Å². The van der Waals surface area contributed by atoms with Crippen molar-refractivity contribution < 1.29 is 29.4 Å². The summed E-state index contributed by atoms with van der Waals surface area (Å²) >= 11 is 2.01. The first-order valence-corrected chi connectivity index (χ1v) is 13.2. The molecule has 37 heavy (non-hydrogen) atoms. The lowest BCUT2D eigenvalue weighted by Gasteiger charge is -2.51. The average molecular weight is 548 g/mol. The Labute approximate surface area is 219 Å². The van der Waals surface area contributed by atoms with Gasteiger partial charge in [-0.15, -0.1) is 16.9 Å². The monoisotopic (exact) mass is 547 g/mol. The van der Waals surface area contributed by atoms with Crippen LogP contribution in [0.5, 0.6) is 0 Å². The molecule has 6 N–H and O–H groups in total. The summed E-state index contributed by atoms with van der Waals surface area (Å²) in [6, 6.07) is 6.27. The van der Waals surface area contributed by atoms with Gasteiger partial charge in [0.1, 0.15) is 21.9 Å². The quantitative estimate of drug-likeness (QED) is 0.191. The Morgan fingerprint density at radius 3 is 2.62 bits per heavy atom. The molecule has 3 heterocycles. The van der Waals surface area contributed by atoms with E-state index in [-0.39, 0.29) is 41.6 Å². The predicted octanol–water partition coefficient (Wildman–Crippen LogP) is 0.355. The molecule has 1 saturated heterocycles. The van der Waals surface area contributed by atoms with E-state index in [1.807, 2.05) is 12.1 Å². The summed E-state index contributed by atoms with van der Waals surface area (Å²) < 4.78 is -1.72. The minimum absolute atomic E-state index is 0.0158. The van der Waals surface area contributed by atoms with Gasteiger partial charge in [-0.25, -0.2) is 9.89 Å². The van der Waals surface area contributed by atoms with Gasteiger partial charge in [0.15, 0.2) is 0 Å². The number of hydrogen-bond acceptors (Lipinski definition) is 10. The largest absolute Gasteiger partial charge is 0.480 e. The third-order valence-corrected chi connectivity index (χ3v) is 8.83. The number of rotatable bonds is 11. The fourth-order valence-corrected chi connectivity index (χ4v) is 7.23. The number of amides is 2. The molecule has 3 atom stereocenters. The summed E-state index contributed by atoms with van der Waals surface area (Å²) in [6.45, 7) is 2.04. The van der Waals surface area contributed by atoms with Crippen molar-refractivity contribution >= 4 is 47.3 Å². The normalized spacial score (nSPS) is 20.6. The summed E-state index contributed by atoms with van der Waals surface area (Å²) in [6.07, 6.45) is 0.512. The molecule has 196 valence electrons. The van der Waals surface area contributed by atoms with Crippen LogP contribution in [0, 0.1) is 0 Å². The van der Waals surface area contributed by atoms with Gasteiger partial charge in [-0.3, -0.25) is 19.3 Å². The number of β-lactam (4-membered cyclic amide) rings is 1. The van der Waals surface area contributed by atoms with Crippen molar-refractivity contribution in [2.45, 2.75) is 54.1 Å². The Hall–Kier alpha value is -3.43. The van der Waals surface area contributed by atoms with Gasteiger partial charge in [0, 0.05) is 12.3 Å². The highest BCUT2D eigenvalue weighted by molar-refractivity contribution is 8.02. The summed E-state index contributed by atoms with van der Waals surface area (Å²) in [7, 11) is 0. The van der Waals surface area contributed by atoms with Gasteiger partial charge in [0.05, 0.1) is 6.42 Å². The zero-order valence-electron chi connectivity index (χ0n) is 19.7. The van der Waals surface area contributed by atoms with Crippen LogP contribution in [0.4, 0.5) is 0 Å². The minimum Gasteiger partial charge on any atom is -0.480 e. The standard InChI is InChI=1S/C22H25N7O6S2/c1-2-7-22(20(34)35,37-21-25-27-28-26-21)13-10-36-18-15(17(31)29(18)16(13)19(32)33)24-14(30)8-11-5-3-4-6-12(11)9-23/h3-6,15,18H,2,7-10,23H2,1H3,(H,24,30)(H,32,33)(H,34,35)(H,25,26,27,28)/t15?,18-,22?/m0/s1. The number of tetrazole rings is 1. The molecule has 1 aromatic heterocycles. The molecule has 0 spiro atoms. The highest BCUT2D eigenvalue weighted by atomic mass is 32.2. The Balaban J connectivity index is 1.61. The summed E-state index contributed by atoms with van der Waals surface area (Å²) in [5.74, 6) is -3.67. The number of aromatic amines is 1. The smallest absolute Gasteiger partial charge is 0.352 e. The third kappa shape index (κ3) is 4.93. The maximum Gasteiger partial charge on any atom is 0.352 e. The maximum atomic E-state index is 13.1. The average Bonchev–Trinajstić information content (AvgIpc) is 3.39. The van der Waals surface area contributed by atoms with E-state index in [0.717, 1.165) is 27.8 Å². The topological polar surface area (TPSA) is 204 Å². The van der Waals surface area contributed by atoms with E-state index in [0.29, 0.717) is 6.42 Å². The molecule has 13 nitrogen and oxygen atoms in total. The highest BCUT2D eigenvalue weighted by Crippen LogP contribution is 2.50. The lowest BCUT2D eigenvalue weighted by atomic mass is 9.90. The molecule has 2 aliphatic rings. The Morgan fingerprint density at radius 2 is 2.03 bits per heavy atom. The second kappa shape index (κ2) is 10.9. The lowest BCUT2D eigenvalue weighted by Crippen LogP contribution is -2.71. The molecular weight excluding hydrogens is 522 g/mol. The first-order valence-electron chi connectivity index (χ1n) is 11.4. The Bertz CT molecular complexity index is 1250.